The van der Waals surface area contributed by atoms with E-state index >= 15 is 0 Å². The van der Waals surface area contributed by atoms with E-state index in [0.29, 0.717) is 19.1 Å². The highest BCUT2D eigenvalue weighted by atomic mass is 79.9. The van der Waals surface area contributed by atoms with Crippen molar-refractivity contribution in [1.82, 2.24) is 4.31 Å². The van der Waals surface area contributed by atoms with Gasteiger partial charge in [0.1, 0.15) is 9.97 Å². The van der Waals surface area contributed by atoms with Crippen molar-refractivity contribution in [2.24, 2.45) is 0 Å². The molecule has 98 valence electrons. The third-order valence-corrected chi connectivity index (χ3v) is 7.11. The molecule has 0 unspecified atom stereocenters. The van der Waals surface area contributed by atoms with Gasteiger partial charge in [0.2, 0.25) is 0 Å². The topological polar surface area (TPSA) is 50.5 Å². The first-order valence-electron chi connectivity index (χ1n) is 4.85. The highest BCUT2D eigenvalue weighted by Gasteiger charge is 2.25. The van der Waals surface area contributed by atoms with Crippen LogP contribution in [-0.4, -0.2) is 19.8 Å². The van der Waals surface area contributed by atoms with Gasteiger partial charge in [-0.05, 0) is 55.4 Å². The van der Waals surface area contributed by atoms with Gasteiger partial charge in [-0.3, -0.25) is 0 Å². The van der Waals surface area contributed by atoms with Crippen LogP contribution < -0.4 is 0 Å². The molecule has 18 heavy (non-hydrogen) atoms. The monoisotopic (exact) mass is 413 g/mol. The van der Waals surface area contributed by atoms with Crippen LogP contribution in [0.4, 0.5) is 0 Å². The van der Waals surface area contributed by atoms with Gasteiger partial charge in [-0.2, -0.15) is 4.31 Å². The molecule has 0 aliphatic rings. The minimum absolute atomic E-state index is 0.193. The van der Waals surface area contributed by atoms with Gasteiger partial charge >= 0.3 is 0 Å². The van der Waals surface area contributed by atoms with Gasteiger partial charge in [-0.1, -0.05) is 0 Å². The summed E-state index contributed by atoms with van der Waals surface area (Å²) < 4.78 is 32.6. The van der Waals surface area contributed by atoms with Gasteiger partial charge in [-0.15, -0.1) is 11.3 Å². The molecule has 0 fully saturated rings. The lowest BCUT2D eigenvalue weighted by molar-refractivity contribution is 0.399. The molecule has 8 heteroatoms. The molecule has 4 nitrogen and oxygen atoms in total. The number of hydrogen-bond donors (Lipinski definition) is 0. The zero-order valence-electron chi connectivity index (χ0n) is 9.26. The van der Waals surface area contributed by atoms with E-state index in [1.165, 1.54) is 22.7 Å². The summed E-state index contributed by atoms with van der Waals surface area (Å²) in [6.45, 7) is 0.193. The molecule has 0 saturated carbocycles. The van der Waals surface area contributed by atoms with E-state index in [4.69, 9.17) is 4.42 Å². The van der Waals surface area contributed by atoms with Crippen LogP contribution in [0.2, 0.25) is 0 Å². The minimum Gasteiger partial charge on any atom is -0.453 e. The summed E-state index contributed by atoms with van der Waals surface area (Å²) in [5.41, 5.74) is 0. The van der Waals surface area contributed by atoms with Gasteiger partial charge in [0, 0.05) is 11.5 Å². The molecule has 0 bridgehead atoms. The normalized spacial score (nSPS) is 12.2. The molecule has 0 radical (unpaired) electrons. The van der Waals surface area contributed by atoms with Crippen molar-refractivity contribution >= 4 is 53.2 Å². The lowest BCUT2D eigenvalue weighted by Gasteiger charge is -2.14. The largest absolute Gasteiger partial charge is 0.453 e. The second kappa shape index (κ2) is 5.46. The van der Waals surface area contributed by atoms with Crippen LogP contribution in [0, 0.1) is 0 Å². The Morgan fingerprint density at radius 3 is 2.56 bits per heavy atom. The van der Waals surface area contributed by atoms with Gasteiger partial charge in [0.25, 0.3) is 10.0 Å². The number of rotatable bonds is 4. The fourth-order valence-corrected chi connectivity index (χ4v) is 5.33. The molecule has 0 atom stereocenters. The molecule has 0 spiro atoms. The summed E-state index contributed by atoms with van der Waals surface area (Å²) in [7, 11) is -1.96. The molecule has 0 aliphatic heterocycles. The predicted octanol–water partition coefficient (Wildman–Crippen LogP) is 3.69. The van der Waals surface area contributed by atoms with Crippen LogP contribution in [0.25, 0.3) is 0 Å². The maximum Gasteiger partial charge on any atom is 0.253 e. The van der Waals surface area contributed by atoms with Crippen molar-refractivity contribution in [2.45, 2.75) is 10.8 Å². The molecule has 0 N–H and O–H groups in total. The van der Waals surface area contributed by atoms with E-state index in [1.807, 2.05) is 0 Å². The Hall–Kier alpha value is -0.150. The van der Waals surface area contributed by atoms with Crippen molar-refractivity contribution < 1.29 is 12.8 Å². The maximum absolute atomic E-state index is 12.3. The van der Waals surface area contributed by atoms with E-state index in [0.717, 1.165) is 0 Å². The zero-order valence-corrected chi connectivity index (χ0v) is 14.1. The molecule has 2 rings (SSSR count). The minimum atomic E-state index is -3.49. The average Bonchev–Trinajstić information content (AvgIpc) is 2.87. The number of halogens is 2. The second-order valence-corrected chi connectivity index (χ2v) is 8.32. The second-order valence-electron chi connectivity index (χ2n) is 3.52. The van der Waals surface area contributed by atoms with Crippen LogP contribution in [0.3, 0.4) is 0 Å². The molecule has 2 heterocycles. The van der Waals surface area contributed by atoms with Gasteiger partial charge in [0.05, 0.1) is 6.54 Å². The molecule has 0 aromatic carbocycles. The highest BCUT2D eigenvalue weighted by molar-refractivity contribution is 9.10. The summed E-state index contributed by atoms with van der Waals surface area (Å²) in [5, 5.41) is 1.73. The Kier molecular flexibility index (Phi) is 4.32. The van der Waals surface area contributed by atoms with Crippen molar-refractivity contribution in [1.29, 1.82) is 0 Å². The molecule has 2 aromatic heterocycles. The SMILES string of the molecule is CN(Cc1ccc(Br)o1)S(=O)(=O)c1sccc1Br. The quantitative estimate of drug-likeness (QED) is 0.766. The van der Waals surface area contributed by atoms with Crippen LogP contribution in [-0.2, 0) is 16.6 Å². The maximum atomic E-state index is 12.3. The lowest BCUT2D eigenvalue weighted by Crippen LogP contribution is -2.25. The first-order chi connectivity index (χ1) is 8.41. The lowest BCUT2D eigenvalue weighted by atomic mass is 10.4. The highest BCUT2D eigenvalue weighted by Crippen LogP contribution is 2.30. The third-order valence-electron chi connectivity index (χ3n) is 2.24. The summed E-state index contributed by atoms with van der Waals surface area (Å²) in [4.78, 5) is 0. The van der Waals surface area contributed by atoms with Gasteiger partial charge < -0.3 is 4.42 Å². The molecular weight excluding hydrogens is 406 g/mol. The fraction of sp³-hybridized carbons (Fsp3) is 0.200. The van der Waals surface area contributed by atoms with Gasteiger partial charge in [0.15, 0.2) is 4.67 Å². The van der Waals surface area contributed by atoms with E-state index < -0.39 is 10.0 Å². The van der Waals surface area contributed by atoms with E-state index in [1.54, 1.807) is 23.6 Å². The van der Waals surface area contributed by atoms with Crippen LogP contribution in [0.5, 0.6) is 0 Å². The van der Waals surface area contributed by atoms with E-state index in [-0.39, 0.29) is 6.54 Å². The van der Waals surface area contributed by atoms with E-state index in [2.05, 4.69) is 31.9 Å². The summed E-state index contributed by atoms with van der Waals surface area (Å²) in [6.07, 6.45) is 0. The number of hydrogen-bond acceptors (Lipinski definition) is 4. The van der Waals surface area contributed by atoms with Gasteiger partial charge in [-0.25, -0.2) is 8.42 Å². The first kappa shape index (κ1) is 14.3. The number of nitrogens with zero attached hydrogens (tertiary/aromatic N) is 1. The van der Waals surface area contributed by atoms with Crippen LogP contribution in [0.1, 0.15) is 5.76 Å². The third kappa shape index (κ3) is 2.88. The molecule has 0 aliphatic carbocycles. The molecule has 0 saturated heterocycles. The standard InChI is InChI=1S/C10H9Br2NO3S2/c1-13(6-7-2-3-9(12)16-7)18(14,15)10-8(11)4-5-17-10/h2-5H,6H2,1H3. The Morgan fingerprint density at radius 2 is 2.06 bits per heavy atom. The number of sulfonamides is 1. The van der Waals surface area contributed by atoms with Crippen LogP contribution >= 0.6 is 43.2 Å². The Morgan fingerprint density at radius 1 is 1.33 bits per heavy atom. The van der Waals surface area contributed by atoms with E-state index in [9.17, 15) is 8.42 Å². The molecule has 2 aromatic rings. The summed E-state index contributed by atoms with van der Waals surface area (Å²) >= 11 is 7.60. The van der Waals surface area contributed by atoms with Crippen LogP contribution in [0.15, 0.2) is 41.3 Å². The Bertz CT molecular complexity index is 648. The number of furan rings is 1. The fourth-order valence-electron chi connectivity index (χ4n) is 1.35. The molecule has 0 amide bonds. The smallest absolute Gasteiger partial charge is 0.253 e. The van der Waals surface area contributed by atoms with Crippen molar-refractivity contribution in [2.75, 3.05) is 7.05 Å². The van der Waals surface area contributed by atoms with Crippen molar-refractivity contribution in [3.8, 4) is 0 Å². The Balaban J connectivity index is 2.23. The Labute approximate surface area is 126 Å². The van der Waals surface area contributed by atoms with Crippen molar-refractivity contribution in [3.05, 3.63) is 38.5 Å². The summed E-state index contributed by atoms with van der Waals surface area (Å²) in [5.74, 6) is 0.584. The molecular formula is C10H9Br2NO3S2. The van der Waals surface area contributed by atoms with Crippen molar-refractivity contribution in [3.63, 3.8) is 0 Å². The summed E-state index contributed by atoms with van der Waals surface area (Å²) in [6, 6.07) is 5.19. The zero-order chi connectivity index (χ0) is 13.3. The predicted molar refractivity (Wildman–Crippen MR) is 77.1 cm³/mol. The average molecular weight is 415 g/mol. The first-order valence-corrected chi connectivity index (χ1v) is 8.75. The number of thiophene rings is 1.